The molecule has 0 spiro atoms. The highest BCUT2D eigenvalue weighted by Gasteiger charge is 2.53. The van der Waals surface area contributed by atoms with E-state index < -0.39 is 12.2 Å². The molecule has 5 heteroatoms. The van der Waals surface area contributed by atoms with Crippen molar-refractivity contribution in [2.45, 2.75) is 39.4 Å². The Labute approximate surface area is 117 Å². The summed E-state index contributed by atoms with van der Waals surface area (Å²) in [6.07, 6.45) is 1.06. The van der Waals surface area contributed by atoms with Crippen molar-refractivity contribution >= 4 is 11.8 Å². The van der Waals surface area contributed by atoms with Gasteiger partial charge in [-0.05, 0) is 26.3 Å². The second-order valence-electron chi connectivity index (χ2n) is 5.96. The molecule has 0 aromatic rings. The highest BCUT2D eigenvalue weighted by molar-refractivity contribution is 6.09. The Kier molecular flexibility index (Phi) is 3.60. The molecule has 0 aromatic heterocycles. The third kappa shape index (κ3) is 1.84. The predicted octanol–water partition coefficient (Wildman–Crippen LogP) is 0.566. The molecule has 0 saturated carbocycles. The molecular formula is C15H20O5. The van der Waals surface area contributed by atoms with Crippen molar-refractivity contribution in [3.63, 3.8) is 0 Å². The standard InChI is InChI=1S/C15H18O4.H2O/c1-6-4-10(17)13-8(3)15(18)19-14(13)12-7(2)5-9(16)11(6)12;/h5,8,10,12-14,17H,4H2,1-3H3;1H2/t8-,10-,12-,13+,14+;/m0./s1. The molecule has 1 aliphatic heterocycles. The number of allylic oxidation sites excluding steroid dienone is 1. The molecule has 0 aromatic carbocycles. The zero-order valence-electron chi connectivity index (χ0n) is 11.8. The van der Waals surface area contributed by atoms with Crippen molar-refractivity contribution in [1.29, 1.82) is 0 Å². The summed E-state index contributed by atoms with van der Waals surface area (Å²) in [5, 5.41) is 10.3. The topological polar surface area (TPSA) is 95.1 Å². The van der Waals surface area contributed by atoms with Gasteiger partial charge in [0.15, 0.2) is 5.78 Å². The lowest BCUT2D eigenvalue weighted by Crippen LogP contribution is -2.35. The lowest BCUT2D eigenvalue weighted by molar-refractivity contribution is -0.144. The number of hydrogen-bond acceptors (Lipinski definition) is 4. The van der Waals surface area contributed by atoms with Crippen LogP contribution in [0.2, 0.25) is 0 Å². The Morgan fingerprint density at radius 1 is 1.30 bits per heavy atom. The van der Waals surface area contributed by atoms with Gasteiger partial charge in [-0.15, -0.1) is 0 Å². The molecule has 1 fully saturated rings. The maximum atomic E-state index is 12.1. The Bertz CT molecular complexity index is 530. The number of ketones is 1. The summed E-state index contributed by atoms with van der Waals surface area (Å²) in [6, 6.07) is 0. The van der Waals surface area contributed by atoms with Crippen LogP contribution >= 0.6 is 0 Å². The van der Waals surface area contributed by atoms with Crippen LogP contribution in [-0.4, -0.2) is 34.5 Å². The maximum Gasteiger partial charge on any atom is 0.309 e. The zero-order valence-corrected chi connectivity index (χ0v) is 11.8. The Morgan fingerprint density at radius 2 is 1.95 bits per heavy atom. The summed E-state index contributed by atoms with van der Waals surface area (Å²) >= 11 is 0. The predicted molar refractivity (Wildman–Crippen MR) is 71.7 cm³/mol. The van der Waals surface area contributed by atoms with Gasteiger partial charge in [-0.1, -0.05) is 18.1 Å². The van der Waals surface area contributed by atoms with Crippen LogP contribution in [0.1, 0.15) is 27.2 Å². The van der Waals surface area contributed by atoms with Crippen molar-refractivity contribution in [3.05, 3.63) is 22.8 Å². The number of aliphatic hydroxyl groups excluding tert-OH is 1. The molecule has 0 radical (unpaired) electrons. The molecule has 0 amide bonds. The van der Waals surface area contributed by atoms with E-state index in [9.17, 15) is 14.7 Å². The second kappa shape index (κ2) is 4.82. The van der Waals surface area contributed by atoms with Crippen molar-refractivity contribution in [2.75, 3.05) is 0 Å². The minimum absolute atomic E-state index is 0. The normalized spacial score (nSPS) is 39.6. The van der Waals surface area contributed by atoms with E-state index in [1.807, 2.05) is 13.8 Å². The number of fused-ring (bicyclic) bond motifs is 3. The van der Waals surface area contributed by atoms with Crippen LogP contribution in [-0.2, 0) is 14.3 Å². The van der Waals surface area contributed by atoms with Gasteiger partial charge in [0, 0.05) is 17.4 Å². The first-order valence-electron chi connectivity index (χ1n) is 6.72. The van der Waals surface area contributed by atoms with Gasteiger partial charge in [-0.3, -0.25) is 9.59 Å². The van der Waals surface area contributed by atoms with Crippen LogP contribution in [0.25, 0.3) is 0 Å². The molecule has 0 bridgehead atoms. The molecule has 3 rings (SSSR count). The van der Waals surface area contributed by atoms with Gasteiger partial charge in [0.1, 0.15) is 6.10 Å². The Morgan fingerprint density at radius 3 is 2.60 bits per heavy atom. The van der Waals surface area contributed by atoms with Crippen molar-refractivity contribution in [1.82, 2.24) is 0 Å². The van der Waals surface area contributed by atoms with Gasteiger partial charge in [0.05, 0.1) is 12.0 Å². The number of esters is 1. The van der Waals surface area contributed by atoms with E-state index in [0.717, 1.165) is 16.7 Å². The summed E-state index contributed by atoms with van der Waals surface area (Å²) in [5.41, 5.74) is 2.59. The largest absolute Gasteiger partial charge is 0.461 e. The molecule has 2 aliphatic carbocycles. The van der Waals surface area contributed by atoms with E-state index in [1.165, 1.54) is 0 Å². The Balaban J connectivity index is 0.00000147. The second-order valence-corrected chi connectivity index (χ2v) is 5.96. The minimum atomic E-state index is -0.620. The van der Waals surface area contributed by atoms with E-state index in [-0.39, 0.29) is 35.0 Å². The molecule has 1 saturated heterocycles. The van der Waals surface area contributed by atoms with Crippen molar-refractivity contribution in [3.8, 4) is 0 Å². The van der Waals surface area contributed by atoms with E-state index in [4.69, 9.17) is 4.74 Å². The van der Waals surface area contributed by atoms with Crippen LogP contribution < -0.4 is 0 Å². The number of rotatable bonds is 0. The lowest BCUT2D eigenvalue weighted by Gasteiger charge is -2.26. The fraction of sp³-hybridized carbons (Fsp3) is 0.600. The summed E-state index contributed by atoms with van der Waals surface area (Å²) in [6.45, 7) is 5.59. The van der Waals surface area contributed by atoms with Crippen molar-refractivity contribution < 1.29 is 24.9 Å². The smallest absolute Gasteiger partial charge is 0.309 e. The summed E-state index contributed by atoms with van der Waals surface area (Å²) in [7, 11) is 0. The fourth-order valence-corrected chi connectivity index (χ4v) is 3.82. The highest BCUT2D eigenvalue weighted by atomic mass is 16.6. The van der Waals surface area contributed by atoms with Gasteiger partial charge < -0.3 is 15.3 Å². The molecule has 1 heterocycles. The van der Waals surface area contributed by atoms with E-state index in [2.05, 4.69) is 0 Å². The van der Waals surface area contributed by atoms with E-state index in [0.29, 0.717) is 6.42 Å². The van der Waals surface area contributed by atoms with Gasteiger partial charge in [-0.2, -0.15) is 0 Å². The average Bonchev–Trinajstić information content (AvgIpc) is 2.72. The van der Waals surface area contributed by atoms with Crippen LogP contribution in [0.5, 0.6) is 0 Å². The highest BCUT2D eigenvalue weighted by Crippen LogP contribution is 2.47. The number of aliphatic hydroxyl groups is 1. The third-order valence-corrected chi connectivity index (χ3v) is 4.75. The average molecular weight is 280 g/mol. The van der Waals surface area contributed by atoms with Gasteiger partial charge >= 0.3 is 5.97 Å². The van der Waals surface area contributed by atoms with E-state index in [1.54, 1.807) is 13.0 Å². The monoisotopic (exact) mass is 280 g/mol. The first-order chi connectivity index (χ1) is 8.91. The molecule has 20 heavy (non-hydrogen) atoms. The first kappa shape index (κ1) is 14.9. The third-order valence-electron chi connectivity index (χ3n) is 4.75. The van der Waals surface area contributed by atoms with E-state index >= 15 is 0 Å². The van der Waals surface area contributed by atoms with Gasteiger partial charge in [0.2, 0.25) is 0 Å². The minimum Gasteiger partial charge on any atom is -0.461 e. The maximum absolute atomic E-state index is 12.1. The number of carbonyl (C=O) groups excluding carboxylic acids is 2. The summed E-state index contributed by atoms with van der Waals surface area (Å²) in [5.74, 6) is -0.957. The van der Waals surface area contributed by atoms with Crippen LogP contribution in [0.3, 0.4) is 0 Å². The number of ether oxygens (including phenoxy) is 1. The molecule has 0 unspecified atom stereocenters. The fourth-order valence-electron chi connectivity index (χ4n) is 3.82. The van der Waals surface area contributed by atoms with Crippen LogP contribution in [0.4, 0.5) is 0 Å². The Hall–Kier alpha value is -1.46. The molecule has 3 aliphatic rings. The number of carbonyl (C=O) groups is 2. The van der Waals surface area contributed by atoms with Gasteiger partial charge in [0.25, 0.3) is 0 Å². The van der Waals surface area contributed by atoms with Crippen molar-refractivity contribution in [2.24, 2.45) is 17.8 Å². The van der Waals surface area contributed by atoms with Crippen LogP contribution in [0.15, 0.2) is 22.8 Å². The lowest BCUT2D eigenvalue weighted by atomic mass is 9.80. The SMILES string of the molecule is CC1=CC(=O)C2=C(C)C[C@H](O)[C@@H]3[C@H](OC(=O)[C@H]3C)[C@@H]12.O. The summed E-state index contributed by atoms with van der Waals surface area (Å²) in [4.78, 5) is 23.9. The van der Waals surface area contributed by atoms with Crippen LogP contribution in [0, 0.1) is 17.8 Å². The van der Waals surface area contributed by atoms with Gasteiger partial charge in [-0.25, -0.2) is 0 Å². The summed E-state index contributed by atoms with van der Waals surface area (Å²) < 4.78 is 5.48. The molecule has 3 N–H and O–H groups in total. The quantitative estimate of drug-likeness (QED) is 0.656. The molecule has 5 atom stereocenters. The zero-order chi connectivity index (χ0) is 13.9. The molecule has 5 nitrogen and oxygen atoms in total. The molecule has 110 valence electrons. The first-order valence-corrected chi connectivity index (χ1v) is 6.72. The number of hydrogen-bond donors (Lipinski definition) is 1. The molecular weight excluding hydrogens is 260 g/mol.